The van der Waals surface area contributed by atoms with Gasteiger partial charge < -0.3 is 0 Å². The van der Waals surface area contributed by atoms with Crippen LogP contribution in [0, 0.1) is 0 Å². The minimum atomic E-state index is 1.19. The highest BCUT2D eigenvalue weighted by atomic mass is 127. The van der Waals surface area contributed by atoms with Gasteiger partial charge >= 0.3 is 0 Å². The summed E-state index contributed by atoms with van der Waals surface area (Å²) in [5, 5.41) is 0. The monoisotopic (exact) mass is 398 g/mol. The zero-order valence-electron chi connectivity index (χ0n) is 7.34. The average Bonchev–Trinajstić information content (AvgIpc) is 2.19. The molecule has 2 heteroatoms. The van der Waals surface area contributed by atoms with Crippen molar-refractivity contribution in [3.8, 4) is 0 Å². The molecule has 0 radical (unpaired) electrons. The van der Waals surface area contributed by atoms with E-state index in [1.165, 1.54) is 26.4 Å². The predicted octanol–water partition coefficient (Wildman–Crippen LogP) is 4.68. The molecule has 1 aromatic rings. The molecule has 0 aromatic heterocycles. The molecule has 0 atom stereocenters. The van der Waals surface area contributed by atoms with Gasteiger partial charge in [0.05, 0.1) is 0 Å². The van der Waals surface area contributed by atoms with Gasteiger partial charge in [0.15, 0.2) is 0 Å². The van der Waals surface area contributed by atoms with E-state index in [0.29, 0.717) is 0 Å². The van der Waals surface area contributed by atoms with Crippen LogP contribution in [0.4, 0.5) is 0 Å². The molecule has 70 valence electrons. The Kier molecular flexibility index (Phi) is 6.02. The molecule has 0 nitrogen and oxygen atoms in total. The molecule has 0 fully saturated rings. The number of hydrogen-bond acceptors (Lipinski definition) is 0. The van der Waals surface area contributed by atoms with Gasteiger partial charge in [-0.15, -0.1) is 0 Å². The molecule has 0 aliphatic carbocycles. The fourth-order valence-corrected chi connectivity index (χ4v) is 2.13. The Hall–Kier alpha value is 0.420. The van der Waals surface area contributed by atoms with Crippen molar-refractivity contribution >= 4 is 48.8 Å². The van der Waals surface area contributed by atoms with Crippen LogP contribution in [-0.4, -0.2) is 4.43 Å². The van der Waals surface area contributed by atoms with E-state index < -0.39 is 0 Å². The lowest BCUT2D eigenvalue weighted by Gasteiger charge is -1.98. The second-order valence-electron chi connectivity index (χ2n) is 2.75. The van der Waals surface area contributed by atoms with Crippen LogP contribution in [0.1, 0.15) is 18.4 Å². The highest BCUT2D eigenvalue weighted by Gasteiger charge is 1.93. The first-order valence-electron chi connectivity index (χ1n) is 4.31. The van der Waals surface area contributed by atoms with Gasteiger partial charge in [0.25, 0.3) is 0 Å². The molecule has 0 heterocycles. The number of alkyl halides is 1. The van der Waals surface area contributed by atoms with Crippen molar-refractivity contribution in [2.75, 3.05) is 4.43 Å². The third kappa shape index (κ3) is 4.44. The van der Waals surface area contributed by atoms with Gasteiger partial charge in [0.1, 0.15) is 0 Å². The van der Waals surface area contributed by atoms with Gasteiger partial charge in [-0.3, -0.25) is 0 Å². The van der Waals surface area contributed by atoms with Crippen molar-refractivity contribution in [3.63, 3.8) is 0 Å². The Morgan fingerprint density at radius 1 is 1.23 bits per heavy atom. The van der Waals surface area contributed by atoms with Crippen molar-refractivity contribution in [3.05, 3.63) is 42.0 Å². The van der Waals surface area contributed by atoms with Crippen LogP contribution >= 0.6 is 45.2 Å². The first-order valence-corrected chi connectivity index (χ1v) is 6.92. The number of allylic oxidation sites excluding steroid dienone is 1. The number of unbranched alkanes of at least 4 members (excludes halogenated alkanes) is 1. The minimum Gasteiger partial charge on any atom is -0.0864 e. The SMILES string of the molecule is ICCC/C=C(\I)c1ccccc1. The quantitative estimate of drug-likeness (QED) is 0.393. The zero-order valence-corrected chi connectivity index (χ0v) is 11.7. The Morgan fingerprint density at radius 3 is 2.54 bits per heavy atom. The molecule has 1 aromatic carbocycles. The lowest BCUT2D eigenvalue weighted by Crippen LogP contribution is -1.76. The Bertz CT molecular complexity index is 265. The largest absolute Gasteiger partial charge is 0.0864 e. The van der Waals surface area contributed by atoms with E-state index in [2.05, 4.69) is 81.6 Å². The summed E-state index contributed by atoms with van der Waals surface area (Å²) in [4.78, 5) is 0. The number of halogens is 2. The van der Waals surface area contributed by atoms with Crippen LogP contribution in [0.5, 0.6) is 0 Å². The summed E-state index contributed by atoms with van der Waals surface area (Å²) in [6.07, 6.45) is 4.78. The van der Waals surface area contributed by atoms with Crippen LogP contribution in [0.15, 0.2) is 36.4 Å². The van der Waals surface area contributed by atoms with Gasteiger partial charge in [0, 0.05) is 3.58 Å². The van der Waals surface area contributed by atoms with Crippen molar-refractivity contribution in [1.82, 2.24) is 0 Å². The second-order valence-corrected chi connectivity index (χ2v) is 4.99. The zero-order chi connectivity index (χ0) is 9.52. The van der Waals surface area contributed by atoms with E-state index in [-0.39, 0.29) is 0 Å². The maximum absolute atomic E-state index is 2.42. The molecular weight excluding hydrogens is 386 g/mol. The third-order valence-electron chi connectivity index (χ3n) is 1.71. The van der Waals surface area contributed by atoms with E-state index in [1.54, 1.807) is 0 Å². The van der Waals surface area contributed by atoms with Gasteiger partial charge in [-0.2, -0.15) is 0 Å². The second kappa shape index (κ2) is 6.81. The molecular formula is C11H12I2. The van der Waals surface area contributed by atoms with E-state index in [0.717, 1.165) is 0 Å². The van der Waals surface area contributed by atoms with Crippen molar-refractivity contribution in [2.24, 2.45) is 0 Å². The first kappa shape index (κ1) is 11.5. The molecule has 0 aliphatic rings. The maximum atomic E-state index is 2.42. The summed E-state index contributed by atoms with van der Waals surface area (Å²) in [5.74, 6) is 0. The first-order chi connectivity index (χ1) is 6.34. The van der Waals surface area contributed by atoms with Crippen molar-refractivity contribution in [1.29, 1.82) is 0 Å². The van der Waals surface area contributed by atoms with Gasteiger partial charge in [-0.1, -0.05) is 59.0 Å². The van der Waals surface area contributed by atoms with E-state index in [9.17, 15) is 0 Å². The third-order valence-corrected chi connectivity index (χ3v) is 3.54. The summed E-state index contributed by atoms with van der Waals surface area (Å²) >= 11 is 4.82. The molecule has 0 spiro atoms. The molecule has 0 N–H and O–H groups in total. The normalized spacial score (nSPS) is 11.7. The standard InChI is InChI=1S/C11H12I2/c12-9-5-4-8-11(13)10-6-2-1-3-7-10/h1-3,6-8H,4-5,9H2/b11-8-. The summed E-state index contributed by atoms with van der Waals surface area (Å²) in [6.45, 7) is 0. The lowest BCUT2D eigenvalue weighted by atomic mass is 10.2. The molecule has 0 unspecified atom stereocenters. The minimum absolute atomic E-state index is 1.19. The number of hydrogen-bond donors (Lipinski definition) is 0. The Morgan fingerprint density at radius 2 is 1.92 bits per heavy atom. The molecule has 13 heavy (non-hydrogen) atoms. The van der Waals surface area contributed by atoms with Crippen LogP contribution < -0.4 is 0 Å². The highest BCUT2D eigenvalue weighted by molar-refractivity contribution is 14.1. The molecule has 0 saturated carbocycles. The average molecular weight is 398 g/mol. The topological polar surface area (TPSA) is 0 Å². The van der Waals surface area contributed by atoms with Crippen LogP contribution in [0.25, 0.3) is 3.58 Å². The van der Waals surface area contributed by atoms with E-state index >= 15 is 0 Å². The Balaban J connectivity index is 2.57. The molecule has 0 saturated heterocycles. The van der Waals surface area contributed by atoms with Gasteiger partial charge in [0.2, 0.25) is 0 Å². The Labute approximate surface area is 107 Å². The fourth-order valence-electron chi connectivity index (χ4n) is 1.02. The lowest BCUT2D eigenvalue weighted by molar-refractivity contribution is 0.990. The fraction of sp³-hybridized carbons (Fsp3) is 0.273. The van der Waals surface area contributed by atoms with Gasteiger partial charge in [-0.25, -0.2) is 0 Å². The van der Waals surface area contributed by atoms with Crippen molar-refractivity contribution in [2.45, 2.75) is 12.8 Å². The number of benzene rings is 1. The van der Waals surface area contributed by atoms with Crippen LogP contribution in [0.3, 0.4) is 0 Å². The van der Waals surface area contributed by atoms with Crippen LogP contribution in [0.2, 0.25) is 0 Å². The summed E-state index contributed by atoms with van der Waals surface area (Å²) in [6, 6.07) is 10.5. The van der Waals surface area contributed by atoms with E-state index in [1.807, 2.05) is 0 Å². The molecule has 0 bridgehead atoms. The molecule has 0 amide bonds. The summed E-state index contributed by atoms with van der Waals surface area (Å²) < 4.78 is 2.61. The van der Waals surface area contributed by atoms with Crippen molar-refractivity contribution < 1.29 is 0 Å². The molecule has 0 aliphatic heterocycles. The highest BCUT2D eigenvalue weighted by Crippen LogP contribution is 2.22. The van der Waals surface area contributed by atoms with E-state index in [4.69, 9.17) is 0 Å². The maximum Gasteiger partial charge on any atom is 0.0162 e. The summed E-state index contributed by atoms with van der Waals surface area (Å²) in [7, 11) is 0. The summed E-state index contributed by atoms with van der Waals surface area (Å²) in [5.41, 5.74) is 1.33. The number of rotatable bonds is 4. The smallest absolute Gasteiger partial charge is 0.0162 e. The molecule has 1 rings (SSSR count). The predicted molar refractivity (Wildman–Crippen MR) is 76.6 cm³/mol. The van der Waals surface area contributed by atoms with Crippen LogP contribution in [-0.2, 0) is 0 Å². The van der Waals surface area contributed by atoms with Gasteiger partial charge in [-0.05, 0) is 45.4 Å².